The molecule has 1 aromatic heterocycles. The Morgan fingerprint density at radius 2 is 1.82 bits per heavy atom. The number of hydrogen-bond donors (Lipinski definition) is 1. The highest BCUT2D eigenvalue weighted by molar-refractivity contribution is 8.26. The van der Waals surface area contributed by atoms with Crippen LogP contribution in [0.2, 0.25) is 0 Å². The van der Waals surface area contributed by atoms with E-state index in [-0.39, 0.29) is 17.0 Å². The van der Waals surface area contributed by atoms with E-state index >= 15 is 0 Å². The van der Waals surface area contributed by atoms with Crippen LogP contribution in [-0.4, -0.2) is 33.3 Å². The van der Waals surface area contributed by atoms with Crippen molar-refractivity contribution in [3.63, 3.8) is 0 Å². The summed E-state index contributed by atoms with van der Waals surface area (Å²) in [6, 6.07) is 19.7. The van der Waals surface area contributed by atoms with Gasteiger partial charge in [0.1, 0.15) is 27.5 Å². The van der Waals surface area contributed by atoms with Crippen LogP contribution in [0.4, 0.5) is 5.82 Å². The summed E-state index contributed by atoms with van der Waals surface area (Å²) in [5, 5.41) is 13.3. The van der Waals surface area contributed by atoms with Crippen molar-refractivity contribution in [3.8, 4) is 11.8 Å². The first kappa shape index (κ1) is 29.1. The molecule has 40 heavy (non-hydrogen) atoms. The molecule has 1 aliphatic heterocycles. The van der Waals surface area contributed by atoms with E-state index in [0.717, 1.165) is 30.6 Å². The van der Waals surface area contributed by atoms with Crippen molar-refractivity contribution in [2.75, 3.05) is 19.0 Å². The van der Waals surface area contributed by atoms with E-state index < -0.39 is 0 Å². The Hall–Kier alpha value is -3.87. The average Bonchev–Trinajstić information content (AvgIpc) is 3.23. The van der Waals surface area contributed by atoms with Crippen molar-refractivity contribution in [2.24, 2.45) is 0 Å². The summed E-state index contributed by atoms with van der Waals surface area (Å²) < 4.78 is 7.33. The molecule has 1 N–H and O–H groups in total. The minimum Gasteiger partial charge on any atom is -0.497 e. The lowest BCUT2D eigenvalue weighted by Crippen LogP contribution is -2.29. The van der Waals surface area contributed by atoms with Crippen LogP contribution >= 0.6 is 24.0 Å². The third-order valence-corrected chi connectivity index (χ3v) is 8.19. The molecule has 2 heterocycles. The highest BCUT2D eigenvalue weighted by Gasteiger charge is 2.33. The lowest BCUT2D eigenvalue weighted by atomic mass is 10.0. The average molecular weight is 573 g/mol. The van der Waals surface area contributed by atoms with Crippen LogP contribution in [0.3, 0.4) is 0 Å². The first-order chi connectivity index (χ1) is 19.4. The minimum absolute atomic E-state index is 0.0877. The van der Waals surface area contributed by atoms with Gasteiger partial charge in [-0.25, -0.2) is 0 Å². The Morgan fingerprint density at radius 1 is 1.10 bits per heavy atom. The maximum absolute atomic E-state index is 13.5. The molecule has 3 aromatic rings. The number of methoxy groups -OCH3 is 1. The summed E-state index contributed by atoms with van der Waals surface area (Å²) in [5.41, 5.74) is 3.07. The van der Waals surface area contributed by atoms with Crippen molar-refractivity contribution < 1.29 is 9.53 Å². The van der Waals surface area contributed by atoms with Crippen LogP contribution in [0.5, 0.6) is 5.75 Å². The standard InChI is InChI=1S/C31H32N4O3S2/c1-4-5-17-34-28(33-16-15-22-9-7-6-8-10-22)25(21(2)26(19-32)29(34)36)18-27-30(37)35(31(39)40-27)20-23-11-13-24(38-3)14-12-23/h6-14,18,33H,4-5,15-17,20H2,1-3H3/b27-18+. The third kappa shape index (κ3) is 6.46. The summed E-state index contributed by atoms with van der Waals surface area (Å²) in [7, 11) is 1.61. The summed E-state index contributed by atoms with van der Waals surface area (Å²) in [5.74, 6) is 1.15. The molecule has 0 spiro atoms. The Labute approximate surface area is 244 Å². The number of unbranched alkanes of at least 4 members (excludes halogenated alkanes) is 1. The van der Waals surface area contributed by atoms with Gasteiger partial charge in [-0.05, 0) is 54.7 Å². The van der Waals surface area contributed by atoms with Gasteiger partial charge in [0.25, 0.3) is 11.5 Å². The fourth-order valence-electron chi connectivity index (χ4n) is 4.53. The highest BCUT2D eigenvalue weighted by Crippen LogP contribution is 2.36. The zero-order valence-corrected chi connectivity index (χ0v) is 24.5. The Kier molecular flexibility index (Phi) is 9.80. The molecular weight excluding hydrogens is 541 g/mol. The number of anilines is 1. The van der Waals surface area contributed by atoms with Crippen molar-refractivity contribution in [3.05, 3.63) is 97.7 Å². The molecule has 0 atom stereocenters. The monoisotopic (exact) mass is 572 g/mol. The lowest BCUT2D eigenvalue weighted by Gasteiger charge is -2.20. The fraction of sp³-hybridized carbons (Fsp3) is 0.290. The molecule has 1 saturated heterocycles. The maximum Gasteiger partial charge on any atom is 0.270 e. The van der Waals surface area contributed by atoms with Gasteiger partial charge in [-0.2, -0.15) is 5.26 Å². The minimum atomic E-state index is -0.320. The molecule has 0 bridgehead atoms. The lowest BCUT2D eigenvalue weighted by molar-refractivity contribution is -0.122. The van der Waals surface area contributed by atoms with Gasteiger partial charge in [0.2, 0.25) is 0 Å². The van der Waals surface area contributed by atoms with E-state index in [1.54, 1.807) is 29.6 Å². The molecule has 0 radical (unpaired) electrons. The summed E-state index contributed by atoms with van der Waals surface area (Å²) in [4.78, 5) is 28.9. The molecule has 2 aromatic carbocycles. The van der Waals surface area contributed by atoms with Crippen molar-refractivity contribution in [2.45, 2.75) is 46.2 Å². The SMILES string of the molecule is CCCCn1c(NCCc2ccccc2)c(/C=C2/SC(=S)N(Cc3ccc(OC)cc3)C2=O)c(C)c(C#N)c1=O. The molecule has 1 fully saturated rings. The number of thiocarbonyl (C=S) groups is 1. The van der Waals surface area contributed by atoms with Gasteiger partial charge in [-0.15, -0.1) is 0 Å². The number of benzene rings is 2. The quantitative estimate of drug-likeness (QED) is 0.226. The van der Waals surface area contributed by atoms with E-state index in [4.69, 9.17) is 17.0 Å². The second-order valence-electron chi connectivity index (χ2n) is 9.46. The molecule has 9 heteroatoms. The van der Waals surface area contributed by atoms with Crippen molar-refractivity contribution >= 4 is 46.1 Å². The molecular formula is C31H32N4O3S2. The molecule has 7 nitrogen and oxygen atoms in total. The number of nitriles is 1. The van der Waals surface area contributed by atoms with Crippen molar-refractivity contribution in [1.29, 1.82) is 5.26 Å². The van der Waals surface area contributed by atoms with Gasteiger partial charge < -0.3 is 10.1 Å². The number of nitrogens with one attached hydrogen (secondary N) is 1. The number of amides is 1. The number of aromatic nitrogens is 1. The molecule has 4 rings (SSSR count). The number of nitrogens with zero attached hydrogens (tertiary/aromatic N) is 3. The largest absolute Gasteiger partial charge is 0.497 e. The van der Waals surface area contributed by atoms with Crippen molar-refractivity contribution in [1.82, 2.24) is 9.47 Å². The zero-order chi connectivity index (χ0) is 28.6. The number of pyridine rings is 1. The fourth-order valence-corrected chi connectivity index (χ4v) is 5.77. The van der Waals surface area contributed by atoms with E-state index in [1.165, 1.54) is 17.3 Å². The Morgan fingerprint density at radius 3 is 2.48 bits per heavy atom. The number of carbonyl (C=O) groups is 1. The number of rotatable bonds is 11. The number of ether oxygens (including phenoxy) is 1. The molecule has 0 aliphatic carbocycles. The van der Waals surface area contributed by atoms with Crippen LogP contribution in [-0.2, 0) is 24.3 Å². The first-order valence-electron chi connectivity index (χ1n) is 13.2. The highest BCUT2D eigenvalue weighted by atomic mass is 32.2. The summed E-state index contributed by atoms with van der Waals surface area (Å²) >= 11 is 6.81. The van der Waals surface area contributed by atoms with Crippen LogP contribution in [0.1, 0.15) is 47.6 Å². The topological polar surface area (TPSA) is 87.4 Å². The van der Waals surface area contributed by atoms with Gasteiger partial charge in [0, 0.05) is 18.7 Å². The molecule has 1 aliphatic rings. The molecule has 1 amide bonds. The predicted octanol–water partition coefficient (Wildman–Crippen LogP) is 5.89. The van der Waals surface area contributed by atoms with Crippen LogP contribution < -0.4 is 15.6 Å². The van der Waals surface area contributed by atoms with Crippen LogP contribution in [0.25, 0.3) is 6.08 Å². The second-order valence-corrected chi connectivity index (χ2v) is 11.1. The second kappa shape index (κ2) is 13.5. The first-order valence-corrected chi connectivity index (χ1v) is 14.4. The summed E-state index contributed by atoms with van der Waals surface area (Å²) in [6.07, 6.45) is 4.21. The van der Waals surface area contributed by atoms with Gasteiger partial charge >= 0.3 is 0 Å². The Bertz CT molecular complexity index is 1520. The molecule has 0 unspecified atom stereocenters. The molecule has 206 valence electrons. The van der Waals surface area contributed by atoms with Gasteiger partial charge in [0.05, 0.1) is 18.6 Å². The third-order valence-electron chi connectivity index (χ3n) is 6.81. The number of thioether (sulfide) groups is 1. The van der Waals surface area contributed by atoms with Crippen LogP contribution in [0, 0.1) is 18.3 Å². The smallest absolute Gasteiger partial charge is 0.270 e. The Balaban J connectivity index is 1.71. The predicted molar refractivity (Wildman–Crippen MR) is 165 cm³/mol. The van der Waals surface area contributed by atoms with Gasteiger partial charge in [-0.1, -0.05) is 79.8 Å². The number of hydrogen-bond acceptors (Lipinski definition) is 7. The van der Waals surface area contributed by atoms with Gasteiger partial charge in [-0.3, -0.25) is 19.1 Å². The zero-order valence-electron chi connectivity index (χ0n) is 22.9. The van der Waals surface area contributed by atoms with E-state index in [1.807, 2.05) is 42.5 Å². The van der Waals surface area contributed by atoms with E-state index in [0.29, 0.717) is 45.8 Å². The van der Waals surface area contributed by atoms with E-state index in [2.05, 4.69) is 30.4 Å². The number of carbonyl (C=O) groups excluding carboxylic acids is 1. The maximum atomic E-state index is 13.5. The van der Waals surface area contributed by atoms with Gasteiger partial charge in [0.15, 0.2) is 0 Å². The van der Waals surface area contributed by atoms with Crippen LogP contribution in [0.15, 0.2) is 64.3 Å². The summed E-state index contributed by atoms with van der Waals surface area (Å²) in [6.45, 7) is 5.21. The van der Waals surface area contributed by atoms with E-state index in [9.17, 15) is 14.9 Å². The molecule has 0 saturated carbocycles. The normalized spacial score (nSPS) is 14.1.